The van der Waals surface area contributed by atoms with Gasteiger partial charge in [-0.3, -0.25) is 4.84 Å². The van der Waals surface area contributed by atoms with Gasteiger partial charge < -0.3 is 9.64 Å². The van der Waals surface area contributed by atoms with Crippen molar-refractivity contribution in [3.63, 3.8) is 0 Å². The Morgan fingerprint density at radius 3 is 2.95 bits per heavy atom. The number of hydrogen-bond donors (Lipinski definition) is 0. The molecule has 0 saturated carbocycles. The van der Waals surface area contributed by atoms with Gasteiger partial charge in [0.15, 0.2) is 0 Å². The first-order valence-electron chi connectivity index (χ1n) is 7.55. The van der Waals surface area contributed by atoms with Gasteiger partial charge in [-0.2, -0.15) is 0 Å². The van der Waals surface area contributed by atoms with Gasteiger partial charge in [0.1, 0.15) is 17.5 Å². The van der Waals surface area contributed by atoms with Crippen molar-refractivity contribution in [3.8, 4) is 11.6 Å². The van der Waals surface area contributed by atoms with Crippen molar-refractivity contribution < 1.29 is 9.57 Å². The highest BCUT2D eigenvalue weighted by Gasteiger charge is 2.40. The molecule has 2 atom stereocenters. The van der Waals surface area contributed by atoms with E-state index in [1.54, 1.807) is 6.20 Å². The first kappa shape index (κ1) is 13.5. The van der Waals surface area contributed by atoms with E-state index >= 15 is 0 Å². The summed E-state index contributed by atoms with van der Waals surface area (Å²) in [6, 6.07) is 12.2. The number of hydroxylamine groups is 1. The highest BCUT2D eigenvalue weighted by atomic mass is 16.7. The van der Waals surface area contributed by atoms with Crippen molar-refractivity contribution in [2.24, 2.45) is 0 Å². The first-order valence-corrected chi connectivity index (χ1v) is 7.55. The Kier molecular flexibility index (Phi) is 3.24. The zero-order chi connectivity index (χ0) is 15.1. The van der Waals surface area contributed by atoms with E-state index in [9.17, 15) is 0 Å². The van der Waals surface area contributed by atoms with Crippen LogP contribution >= 0.6 is 0 Å². The molecule has 1 aromatic carbocycles. The van der Waals surface area contributed by atoms with Gasteiger partial charge in [0.25, 0.3) is 0 Å². The number of nitrogens with zero attached hydrogens (tertiary/aromatic N) is 3. The Balaban J connectivity index is 1.79. The van der Waals surface area contributed by atoms with Gasteiger partial charge in [0, 0.05) is 24.7 Å². The predicted molar refractivity (Wildman–Crippen MR) is 84.0 cm³/mol. The van der Waals surface area contributed by atoms with Gasteiger partial charge in [0.05, 0.1) is 6.04 Å². The van der Waals surface area contributed by atoms with Crippen LogP contribution in [0.15, 0.2) is 42.6 Å². The molecule has 5 nitrogen and oxygen atoms in total. The van der Waals surface area contributed by atoms with Crippen LogP contribution in [0.4, 0.5) is 5.69 Å². The SMILES string of the molecule is CN(C)C[C@@H]1C[C@@H]2c3ccccc3Oc3ncccc3N2O1. The normalized spacial score (nSPS) is 22.6. The molecule has 114 valence electrons. The smallest absolute Gasteiger partial charge is 0.245 e. The Morgan fingerprint density at radius 1 is 1.23 bits per heavy atom. The summed E-state index contributed by atoms with van der Waals surface area (Å²) in [6.45, 7) is 0.894. The molecule has 0 radical (unpaired) electrons. The summed E-state index contributed by atoms with van der Waals surface area (Å²) < 4.78 is 6.01. The maximum atomic E-state index is 6.21. The van der Waals surface area contributed by atoms with Crippen LogP contribution in [-0.4, -0.2) is 36.6 Å². The number of pyridine rings is 1. The number of aromatic nitrogens is 1. The van der Waals surface area contributed by atoms with Crippen LogP contribution in [0.3, 0.4) is 0 Å². The van der Waals surface area contributed by atoms with Crippen LogP contribution in [0.25, 0.3) is 0 Å². The fourth-order valence-corrected chi connectivity index (χ4v) is 3.20. The van der Waals surface area contributed by atoms with Crippen LogP contribution < -0.4 is 9.80 Å². The average Bonchev–Trinajstić information content (AvgIpc) is 2.85. The monoisotopic (exact) mass is 297 g/mol. The standard InChI is InChI=1S/C17H19N3O2/c1-19(2)11-12-10-15-13-6-3-4-8-16(13)21-17-14(20(15)22-12)7-5-9-18-17/h3-9,12,15H,10-11H2,1-2H3/t12-,15+/m0/s1. The molecule has 2 aliphatic rings. The Labute approximate surface area is 130 Å². The van der Waals surface area contributed by atoms with Crippen LogP contribution in [0, 0.1) is 0 Å². The van der Waals surface area contributed by atoms with Gasteiger partial charge in [-0.25, -0.2) is 10.0 Å². The molecule has 2 aliphatic heterocycles. The van der Waals surface area contributed by atoms with E-state index in [0.717, 1.165) is 30.0 Å². The molecule has 0 amide bonds. The van der Waals surface area contributed by atoms with E-state index in [1.165, 1.54) is 0 Å². The lowest BCUT2D eigenvalue weighted by molar-refractivity contribution is 0.0647. The molecule has 3 heterocycles. The zero-order valence-electron chi connectivity index (χ0n) is 12.8. The number of fused-ring (bicyclic) bond motifs is 5. The van der Waals surface area contributed by atoms with Crippen molar-refractivity contribution in [3.05, 3.63) is 48.2 Å². The predicted octanol–water partition coefficient (Wildman–Crippen LogP) is 3.00. The number of rotatable bonds is 2. The first-order chi connectivity index (χ1) is 10.7. The summed E-state index contributed by atoms with van der Waals surface area (Å²) in [4.78, 5) is 12.7. The van der Waals surface area contributed by atoms with E-state index < -0.39 is 0 Å². The maximum Gasteiger partial charge on any atom is 0.245 e. The van der Waals surface area contributed by atoms with Gasteiger partial charge in [-0.05, 0) is 32.3 Å². The molecule has 0 N–H and O–H groups in total. The van der Waals surface area contributed by atoms with Gasteiger partial charge >= 0.3 is 0 Å². The highest BCUT2D eigenvalue weighted by Crippen LogP contribution is 2.48. The van der Waals surface area contributed by atoms with Crippen molar-refractivity contribution in [1.29, 1.82) is 0 Å². The summed E-state index contributed by atoms with van der Waals surface area (Å²) >= 11 is 0. The molecule has 0 spiro atoms. The minimum absolute atomic E-state index is 0.159. The molecule has 1 fully saturated rings. The van der Waals surface area contributed by atoms with E-state index in [4.69, 9.17) is 9.57 Å². The summed E-state index contributed by atoms with van der Waals surface area (Å²) in [5.41, 5.74) is 2.05. The van der Waals surface area contributed by atoms with Crippen molar-refractivity contribution in [1.82, 2.24) is 9.88 Å². The summed E-state index contributed by atoms with van der Waals surface area (Å²) in [5, 5.41) is 1.97. The van der Waals surface area contributed by atoms with Crippen LogP contribution in [0.5, 0.6) is 11.6 Å². The van der Waals surface area contributed by atoms with Crippen molar-refractivity contribution in [2.75, 3.05) is 25.7 Å². The minimum atomic E-state index is 0.159. The summed E-state index contributed by atoms with van der Waals surface area (Å²) in [6.07, 6.45) is 2.85. The van der Waals surface area contributed by atoms with E-state index in [-0.39, 0.29) is 12.1 Å². The second-order valence-corrected chi connectivity index (χ2v) is 6.03. The number of benzene rings is 1. The second kappa shape index (κ2) is 5.26. The van der Waals surface area contributed by atoms with E-state index in [2.05, 4.69) is 30.0 Å². The maximum absolute atomic E-state index is 6.21. The summed E-state index contributed by atoms with van der Waals surface area (Å²) in [5.74, 6) is 1.46. The molecule has 1 aromatic heterocycles. The van der Waals surface area contributed by atoms with Gasteiger partial charge in [0.2, 0.25) is 5.88 Å². The van der Waals surface area contributed by atoms with Crippen LogP contribution in [0.2, 0.25) is 0 Å². The van der Waals surface area contributed by atoms with Crippen LogP contribution in [0.1, 0.15) is 18.0 Å². The number of likely N-dealkylation sites (N-methyl/N-ethyl adjacent to an activating group) is 1. The average molecular weight is 297 g/mol. The number of ether oxygens (including phenoxy) is 1. The second-order valence-electron chi connectivity index (χ2n) is 6.03. The van der Waals surface area contributed by atoms with Crippen molar-refractivity contribution >= 4 is 5.69 Å². The Hall–Kier alpha value is -2.11. The van der Waals surface area contributed by atoms with Gasteiger partial charge in [-0.1, -0.05) is 18.2 Å². The molecule has 22 heavy (non-hydrogen) atoms. The quantitative estimate of drug-likeness (QED) is 0.852. The van der Waals surface area contributed by atoms with E-state index in [1.807, 2.05) is 35.4 Å². The van der Waals surface area contributed by atoms with E-state index in [0.29, 0.717) is 5.88 Å². The molecule has 2 aromatic rings. The lowest BCUT2D eigenvalue weighted by atomic mass is 10.0. The molecule has 0 aliphatic carbocycles. The topological polar surface area (TPSA) is 37.8 Å². The molecule has 1 saturated heterocycles. The number of para-hydroxylation sites is 1. The lowest BCUT2D eigenvalue weighted by Gasteiger charge is -2.23. The molecule has 4 rings (SSSR count). The Bertz CT molecular complexity index is 636. The van der Waals surface area contributed by atoms with Crippen molar-refractivity contribution in [2.45, 2.75) is 18.6 Å². The number of anilines is 1. The molecule has 5 heteroatoms. The zero-order valence-corrected chi connectivity index (χ0v) is 12.8. The highest BCUT2D eigenvalue weighted by molar-refractivity contribution is 5.60. The number of hydrogen-bond acceptors (Lipinski definition) is 5. The third-order valence-corrected chi connectivity index (χ3v) is 4.07. The fourth-order valence-electron chi connectivity index (χ4n) is 3.20. The fraction of sp³-hybridized carbons (Fsp3) is 0.353. The Morgan fingerprint density at radius 2 is 2.09 bits per heavy atom. The largest absolute Gasteiger partial charge is 0.437 e. The minimum Gasteiger partial charge on any atom is -0.437 e. The molecule has 0 unspecified atom stereocenters. The van der Waals surface area contributed by atoms with Gasteiger partial charge in [-0.15, -0.1) is 0 Å². The summed E-state index contributed by atoms with van der Waals surface area (Å²) in [7, 11) is 4.14. The third kappa shape index (κ3) is 2.23. The molecular formula is C17H19N3O2. The molecular weight excluding hydrogens is 278 g/mol. The third-order valence-electron chi connectivity index (χ3n) is 4.07. The van der Waals surface area contributed by atoms with Crippen LogP contribution in [-0.2, 0) is 4.84 Å². The molecule has 0 bridgehead atoms. The lowest BCUT2D eigenvalue weighted by Crippen LogP contribution is -2.27.